The first-order valence-electron chi connectivity index (χ1n) is 8.71. The molecule has 3 aromatic rings. The molecule has 0 spiro atoms. The van der Waals surface area contributed by atoms with Gasteiger partial charge < -0.3 is 18.9 Å². The number of nitrogens with zero attached hydrogens (tertiary/aromatic N) is 3. The minimum atomic E-state index is -0.387. The van der Waals surface area contributed by atoms with Gasteiger partial charge in [-0.25, -0.2) is 4.39 Å². The molecule has 1 aliphatic heterocycles. The summed E-state index contributed by atoms with van der Waals surface area (Å²) in [5, 5.41) is 4.03. The predicted molar refractivity (Wildman–Crippen MR) is 98.9 cm³/mol. The van der Waals surface area contributed by atoms with Gasteiger partial charge in [0, 0.05) is 24.2 Å². The fourth-order valence-electron chi connectivity index (χ4n) is 3.26. The third-order valence-corrected chi connectivity index (χ3v) is 4.68. The number of carbonyl (C=O) groups excluding carboxylic acids is 1. The second-order valence-corrected chi connectivity index (χ2v) is 6.41. The van der Waals surface area contributed by atoms with E-state index >= 15 is 0 Å². The van der Waals surface area contributed by atoms with E-state index in [9.17, 15) is 9.18 Å². The highest BCUT2D eigenvalue weighted by Crippen LogP contribution is 2.34. The van der Waals surface area contributed by atoms with Crippen molar-refractivity contribution in [2.45, 2.75) is 12.3 Å². The zero-order valence-electron chi connectivity index (χ0n) is 15.4. The molecule has 28 heavy (non-hydrogen) atoms. The molecule has 2 aromatic carbocycles. The summed E-state index contributed by atoms with van der Waals surface area (Å²) in [7, 11) is 3.11. The van der Waals surface area contributed by atoms with Crippen molar-refractivity contribution < 1.29 is 23.2 Å². The molecule has 0 aliphatic carbocycles. The quantitative estimate of drug-likeness (QED) is 0.672. The van der Waals surface area contributed by atoms with Gasteiger partial charge in [-0.15, -0.1) is 0 Å². The Kier molecular flexibility index (Phi) is 4.68. The fraction of sp³-hybridized carbons (Fsp3) is 0.250. The molecule has 1 unspecified atom stereocenters. The van der Waals surface area contributed by atoms with E-state index in [0.29, 0.717) is 41.0 Å². The maximum absolute atomic E-state index is 13.5. The van der Waals surface area contributed by atoms with E-state index in [2.05, 4.69) is 10.1 Å². The second-order valence-electron chi connectivity index (χ2n) is 6.41. The molecule has 1 atom stereocenters. The molecule has 1 fully saturated rings. The van der Waals surface area contributed by atoms with Gasteiger partial charge in [0.2, 0.25) is 17.6 Å². The van der Waals surface area contributed by atoms with E-state index in [1.165, 1.54) is 17.0 Å². The minimum absolute atomic E-state index is 0.110. The Bertz CT molecular complexity index is 1020. The van der Waals surface area contributed by atoms with Crippen LogP contribution in [0.25, 0.3) is 11.4 Å². The highest BCUT2D eigenvalue weighted by atomic mass is 19.1. The van der Waals surface area contributed by atoms with Crippen molar-refractivity contribution in [3.05, 3.63) is 54.2 Å². The van der Waals surface area contributed by atoms with Gasteiger partial charge >= 0.3 is 0 Å². The van der Waals surface area contributed by atoms with Crippen molar-refractivity contribution in [1.82, 2.24) is 10.1 Å². The van der Waals surface area contributed by atoms with Crippen LogP contribution in [0.5, 0.6) is 11.5 Å². The topological polar surface area (TPSA) is 77.7 Å². The summed E-state index contributed by atoms with van der Waals surface area (Å²) in [6, 6.07) is 11.3. The Balaban J connectivity index is 1.56. The van der Waals surface area contributed by atoms with Crippen molar-refractivity contribution >= 4 is 11.6 Å². The summed E-state index contributed by atoms with van der Waals surface area (Å²) in [6.07, 6.45) is 0.226. The van der Waals surface area contributed by atoms with Gasteiger partial charge in [0.25, 0.3) is 0 Å². The zero-order chi connectivity index (χ0) is 19.7. The number of halogens is 1. The highest BCUT2D eigenvalue weighted by molar-refractivity contribution is 5.96. The van der Waals surface area contributed by atoms with Crippen molar-refractivity contribution in [3.8, 4) is 22.9 Å². The molecule has 1 aliphatic rings. The van der Waals surface area contributed by atoms with Gasteiger partial charge in [-0.3, -0.25) is 4.79 Å². The van der Waals surface area contributed by atoms with Crippen molar-refractivity contribution in [1.29, 1.82) is 0 Å². The van der Waals surface area contributed by atoms with Gasteiger partial charge in [-0.2, -0.15) is 4.98 Å². The van der Waals surface area contributed by atoms with Crippen molar-refractivity contribution in [2.75, 3.05) is 25.7 Å². The van der Waals surface area contributed by atoms with Crippen LogP contribution in [0.2, 0.25) is 0 Å². The summed E-state index contributed by atoms with van der Waals surface area (Å²) in [5.41, 5.74) is 1.23. The Labute approximate surface area is 160 Å². The number of amides is 1. The molecule has 0 N–H and O–H groups in total. The minimum Gasteiger partial charge on any atom is -0.493 e. The Morgan fingerprint density at radius 1 is 1.14 bits per heavy atom. The van der Waals surface area contributed by atoms with Gasteiger partial charge in [0.1, 0.15) is 5.82 Å². The molecule has 0 radical (unpaired) electrons. The van der Waals surface area contributed by atoms with Gasteiger partial charge in [-0.05, 0) is 36.4 Å². The molecular formula is C20H18FN3O4. The SMILES string of the molecule is COc1ccc(-c2noc(C3CC(=O)N(c4cccc(F)c4)C3)n2)cc1OC. The molecule has 8 heteroatoms. The third-order valence-electron chi connectivity index (χ3n) is 4.68. The lowest BCUT2D eigenvalue weighted by atomic mass is 10.1. The van der Waals surface area contributed by atoms with Crippen LogP contribution in [0, 0.1) is 5.82 Å². The smallest absolute Gasteiger partial charge is 0.232 e. The van der Waals surface area contributed by atoms with Crippen molar-refractivity contribution in [3.63, 3.8) is 0 Å². The average Bonchev–Trinajstić information content (AvgIpc) is 3.34. The summed E-state index contributed by atoms with van der Waals surface area (Å²) in [4.78, 5) is 18.4. The molecular weight excluding hydrogens is 365 g/mol. The van der Waals surface area contributed by atoms with E-state index in [1.54, 1.807) is 44.6 Å². The number of carbonyl (C=O) groups is 1. The van der Waals surface area contributed by atoms with Crippen LogP contribution in [-0.4, -0.2) is 36.8 Å². The number of anilines is 1. The van der Waals surface area contributed by atoms with E-state index in [0.717, 1.165) is 0 Å². The predicted octanol–water partition coefficient (Wildman–Crippen LogP) is 3.41. The standard InChI is InChI=1S/C20H18FN3O4/c1-26-16-7-6-12(8-17(16)27-2)19-22-20(28-23-19)13-9-18(25)24(11-13)15-5-3-4-14(21)10-15/h3-8,10,13H,9,11H2,1-2H3. The molecule has 2 heterocycles. The fourth-order valence-corrected chi connectivity index (χ4v) is 3.26. The van der Waals surface area contributed by atoms with E-state index in [4.69, 9.17) is 14.0 Å². The van der Waals surface area contributed by atoms with Crippen molar-refractivity contribution in [2.24, 2.45) is 0 Å². The number of ether oxygens (including phenoxy) is 2. The second kappa shape index (κ2) is 7.30. The van der Waals surface area contributed by atoms with Crippen LogP contribution in [0.1, 0.15) is 18.2 Å². The summed E-state index contributed by atoms with van der Waals surface area (Å²) in [5.74, 6) is 1.17. The molecule has 4 rings (SSSR count). The lowest BCUT2D eigenvalue weighted by molar-refractivity contribution is -0.117. The first-order valence-corrected chi connectivity index (χ1v) is 8.71. The van der Waals surface area contributed by atoms with Crippen LogP contribution in [-0.2, 0) is 4.79 Å². The largest absolute Gasteiger partial charge is 0.493 e. The van der Waals surface area contributed by atoms with Crippen LogP contribution in [0.4, 0.5) is 10.1 Å². The number of hydrogen-bond acceptors (Lipinski definition) is 6. The molecule has 7 nitrogen and oxygen atoms in total. The lowest BCUT2D eigenvalue weighted by Crippen LogP contribution is -2.24. The third kappa shape index (κ3) is 3.28. The highest BCUT2D eigenvalue weighted by Gasteiger charge is 2.35. The molecule has 1 saturated heterocycles. The normalized spacial score (nSPS) is 16.5. The van der Waals surface area contributed by atoms with Crippen LogP contribution >= 0.6 is 0 Å². The Morgan fingerprint density at radius 2 is 1.96 bits per heavy atom. The average molecular weight is 383 g/mol. The molecule has 144 valence electrons. The lowest BCUT2D eigenvalue weighted by Gasteiger charge is -2.15. The van der Waals surface area contributed by atoms with Gasteiger partial charge in [0.15, 0.2) is 11.5 Å². The summed E-state index contributed by atoms with van der Waals surface area (Å²) >= 11 is 0. The maximum atomic E-state index is 13.5. The number of methoxy groups -OCH3 is 2. The first kappa shape index (κ1) is 18.0. The summed E-state index contributed by atoms with van der Waals surface area (Å²) in [6.45, 7) is 0.357. The number of hydrogen-bond donors (Lipinski definition) is 0. The molecule has 1 amide bonds. The van der Waals surface area contributed by atoms with E-state index in [1.807, 2.05) is 0 Å². The zero-order valence-corrected chi connectivity index (χ0v) is 15.4. The van der Waals surface area contributed by atoms with Crippen LogP contribution < -0.4 is 14.4 Å². The molecule has 1 aromatic heterocycles. The van der Waals surface area contributed by atoms with E-state index < -0.39 is 0 Å². The monoisotopic (exact) mass is 383 g/mol. The van der Waals surface area contributed by atoms with Crippen LogP contribution in [0.3, 0.4) is 0 Å². The van der Waals surface area contributed by atoms with Gasteiger partial charge in [-0.1, -0.05) is 11.2 Å². The molecule has 0 saturated carbocycles. The number of benzene rings is 2. The van der Waals surface area contributed by atoms with Gasteiger partial charge in [0.05, 0.1) is 20.1 Å². The summed E-state index contributed by atoms with van der Waals surface area (Å²) < 4.78 is 29.4. The Hall–Kier alpha value is -3.42. The molecule has 0 bridgehead atoms. The number of rotatable bonds is 5. The maximum Gasteiger partial charge on any atom is 0.232 e. The van der Waals surface area contributed by atoms with E-state index in [-0.39, 0.29) is 24.1 Å². The van der Waals surface area contributed by atoms with Crippen LogP contribution in [0.15, 0.2) is 47.0 Å². The number of aromatic nitrogens is 2. The Morgan fingerprint density at radius 3 is 2.71 bits per heavy atom. The first-order chi connectivity index (χ1) is 13.6.